The van der Waals surface area contributed by atoms with Crippen LogP contribution in [0.1, 0.15) is 37.3 Å². The third-order valence-corrected chi connectivity index (χ3v) is 5.70. The highest BCUT2D eigenvalue weighted by Crippen LogP contribution is 2.39. The summed E-state index contributed by atoms with van der Waals surface area (Å²) in [6.45, 7) is 5.28. The van der Waals surface area contributed by atoms with Crippen LogP contribution in [0.5, 0.6) is 0 Å². The van der Waals surface area contributed by atoms with E-state index >= 15 is 0 Å². The maximum atomic E-state index is 12.5. The van der Waals surface area contributed by atoms with Gasteiger partial charge in [-0.15, -0.1) is 0 Å². The molecule has 2 atom stereocenters. The van der Waals surface area contributed by atoms with Crippen LogP contribution < -0.4 is 4.72 Å². The number of sulfonamides is 1. The second kappa shape index (κ2) is 5.42. The Morgan fingerprint density at radius 1 is 1.29 bits per heavy atom. The van der Waals surface area contributed by atoms with Gasteiger partial charge in [0.15, 0.2) is 0 Å². The van der Waals surface area contributed by atoms with Gasteiger partial charge in [0.2, 0.25) is 10.0 Å². The molecule has 1 aromatic rings. The number of rotatable bonds is 4. The second-order valence-electron chi connectivity index (χ2n) is 6.11. The van der Waals surface area contributed by atoms with E-state index in [-0.39, 0.29) is 4.90 Å². The maximum absolute atomic E-state index is 12.5. The molecule has 0 spiro atoms. The molecule has 1 aliphatic carbocycles. The molecule has 0 saturated heterocycles. The molecular weight excluding hydrogens is 290 g/mol. The van der Waals surface area contributed by atoms with Gasteiger partial charge in [-0.1, -0.05) is 12.5 Å². The Morgan fingerprint density at radius 3 is 2.38 bits per heavy atom. The van der Waals surface area contributed by atoms with Crippen molar-refractivity contribution < 1.29 is 18.3 Å². The van der Waals surface area contributed by atoms with Gasteiger partial charge >= 0.3 is 5.97 Å². The van der Waals surface area contributed by atoms with Crippen molar-refractivity contribution in [3.63, 3.8) is 0 Å². The fraction of sp³-hybridized carbons (Fsp3) is 0.533. The number of nitrogens with one attached hydrogen (secondary N) is 1. The van der Waals surface area contributed by atoms with E-state index in [4.69, 9.17) is 0 Å². The van der Waals surface area contributed by atoms with E-state index < -0.39 is 27.4 Å². The predicted molar refractivity (Wildman–Crippen MR) is 79.6 cm³/mol. The van der Waals surface area contributed by atoms with Gasteiger partial charge < -0.3 is 5.11 Å². The first-order valence-electron chi connectivity index (χ1n) is 6.99. The van der Waals surface area contributed by atoms with Crippen LogP contribution in [-0.4, -0.2) is 25.5 Å². The minimum absolute atomic E-state index is 0.194. The van der Waals surface area contributed by atoms with Gasteiger partial charge in [0.05, 0.1) is 10.3 Å². The molecule has 0 radical (unpaired) electrons. The Kier molecular flexibility index (Phi) is 4.13. The Labute approximate surface area is 125 Å². The Balaban J connectivity index is 2.31. The molecule has 0 bridgehead atoms. The van der Waals surface area contributed by atoms with Crippen LogP contribution in [0.15, 0.2) is 23.1 Å². The monoisotopic (exact) mass is 311 g/mol. The molecule has 6 heteroatoms. The summed E-state index contributed by atoms with van der Waals surface area (Å²) in [6, 6.07) is 4.53. The molecular formula is C15H21NO4S. The number of hydrogen-bond acceptors (Lipinski definition) is 3. The van der Waals surface area contributed by atoms with Crippen LogP contribution in [0, 0.1) is 19.3 Å². The number of carbonyl (C=O) groups is 1. The molecule has 0 heterocycles. The minimum atomic E-state index is -3.71. The molecule has 2 N–H and O–H groups in total. The second-order valence-corrected chi connectivity index (χ2v) is 7.83. The van der Waals surface area contributed by atoms with Crippen molar-refractivity contribution in [2.24, 2.45) is 5.41 Å². The fourth-order valence-corrected chi connectivity index (χ4v) is 4.53. The van der Waals surface area contributed by atoms with E-state index in [9.17, 15) is 18.3 Å². The third-order valence-electron chi connectivity index (χ3n) is 4.25. The zero-order valence-electron chi connectivity index (χ0n) is 12.5. The van der Waals surface area contributed by atoms with Crippen LogP contribution in [0.25, 0.3) is 0 Å². The van der Waals surface area contributed by atoms with Crippen molar-refractivity contribution in [2.75, 3.05) is 0 Å². The van der Waals surface area contributed by atoms with Gasteiger partial charge in [-0.05, 0) is 56.9 Å². The molecule has 0 amide bonds. The summed E-state index contributed by atoms with van der Waals surface area (Å²) < 4.78 is 27.6. The summed E-state index contributed by atoms with van der Waals surface area (Å²) in [5, 5.41) is 9.36. The number of carboxylic acid groups (broad SMARTS) is 1. The molecule has 0 aromatic heterocycles. The fourth-order valence-electron chi connectivity index (χ4n) is 2.95. The smallest absolute Gasteiger partial charge is 0.310 e. The van der Waals surface area contributed by atoms with E-state index in [1.54, 1.807) is 19.1 Å². The Morgan fingerprint density at radius 2 is 1.86 bits per heavy atom. The van der Waals surface area contributed by atoms with Crippen molar-refractivity contribution in [3.05, 3.63) is 29.3 Å². The molecule has 2 rings (SSSR count). The molecule has 1 fully saturated rings. The summed E-state index contributed by atoms with van der Waals surface area (Å²) in [4.78, 5) is 11.6. The highest BCUT2D eigenvalue weighted by Gasteiger charge is 2.46. The van der Waals surface area contributed by atoms with Crippen LogP contribution in [0.3, 0.4) is 0 Å². The van der Waals surface area contributed by atoms with E-state index in [0.717, 1.165) is 11.1 Å². The zero-order valence-corrected chi connectivity index (χ0v) is 13.3. The summed E-state index contributed by atoms with van der Waals surface area (Å²) in [5.41, 5.74) is 0.692. The molecule has 0 aliphatic heterocycles. The average molecular weight is 311 g/mol. The lowest BCUT2D eigenvalue weighted by atomic mass is 9.85. The molecule has 1 aliphatic rings. The van der Waals surface area contributed by atoms with Crippen LogP contribution in [-0.2, 0) is 14.8 Å². The standard InChI is InChI=1S/C15H21NO4S/c1-10-7-11(2)9-12(8-10)21(19,20)16-13-5-4-6-15(13,3)14(17)18/h7-9,13,16H,4-6H2,1-3H3,(H,17,18). The highest BCUT2D eigenvalue weighted by molar-refractivity contribution is 7.89. The quantitative estimate of drug-likeness (QED) is 0.893. The molecule has 1 aromatic carbocycles. The lowest BCUT2D eigenvalue weighted by Crippen LogP contribution is -2.46. The SMILES string of the molecule is Cc1cc(C)cc(S(=O)(=O)NC2CCCC2(C)C(=O)O)c1. The topological polar surface area (TPSA) is 83.5 Å². The first-order valence-corrected chi connectivity index (χ1v) is 8.47. The molecule has 2 unspecified atom stereocenters. The van der Waals surface area contributed by atoms with Gasteiger partial charge in [0, 0.05) is 6.04 Å². The molecule has 1 saturated carbocycles. The zero-order chi connectivity index (χ0) is 15.8. The summed E-state index contributed by atoms with van der Waals surface area (Å²) in [5.74, 6) is -0.951. The van der Waals surface area contributed by atoms with E-state index in [1.165, 1.54) is 0 Å². The third kappa shape index (κ3) is 3.11. The van der Waals surface area contributed by atoms with E-state index in [1.807, 2.05) is 19.9 Å². The Hall–Kier alpha value is -1.40. The summed E-state index contributed by atoms with van der Waals surface area (Å²) in [7, 11) is -3.71. The largest absolute Gasteiger partial charge is 0.481 e. The normalized spacial score (nSPS) is 26.0. The van der Waals surface area contributed by atoms with Gasteiger partial charge in [-0.25, -0.2) is 13.1 Å². The van der Waals surface area contributed by atoms with Gasteiger partial charge in [0.1, 0.15) is 0 Å². The van der Waals surface area contributed by atoms with Crippen LogP contribution in [0.2, 0.25) is 0 Å². The number of aryl methyl sites for hydroxylation is 2. The number of hydrogen-bond donors (Lipinski definition) is 2. The van der Waals surface area contributed by atoms with Crippen molar-refractivity contribution in [1.82, 2.24) is 4.72 Å². The first kappa shape index (κ1) is 16.0. The van der Waals surface area contributed by atoms with Crippen molar-refractivity contribution in [3.8, 4) is 0 Å². The van der Waals surface area contributed by atoms with Crippen LogP contribution in [0.4, 0.5) is 0 Å². The molecule has 116 valence electrons. The summed E-state index contributed by atoms with van der Waals surface area (Å²) >= 11 is 0. The lowest BCUT2D eigenvalue weighted by molar-refractivity contribution is -0.148. The minimum Gasteiger partial charge on any atom is -0.481 e. The van der Waals surface area contributed by atoms with E-state index in [0.29, 0.717) is 19.3 Å². The number of aliphatic carboxylic acids is 1. The molecule has 21 heavy (non-hydrogen) atoms. The molecule has 5 nitrogen and oxygen atoms in total. The average Bonchev–Trinajstić information content (AvgIpc) is 2.70. The van der Waals surface area contributed by atoms with Crippen molar-refractivity contribution in [1.29, 1.82) is 0 Å². The van der Waals surface area contributed by atoms with Gasteiger partial charge in [0.25, 0.3) is 0 Å². The van der Waals surface area contributed by atoms with E-state index in [2.05, 4.69) is 4.72 Å². The summed E-state index contributed by atoms with van der Waals surface area (Å²) in [6.07, 6.45) is 1.75. The lowest BCUT2D eigenvalue weighted by Gasteiger charge is -2.27. The Bertz CT molecular complexity index is 648. The first-order chi connectivity index (χ1) is 9.65. The highest BCUT2D eigenvalue weighted by atomic mass is 32.2. The van der Waals surface area contributed by atoms with Crippen LogP contribution >= 0.6 is 0 Å². The van der Waals surface area contributed by atoms with Crippen molar-refractivity contribution >= 4 is 16.0 Å². The van der Waals surface area contributed by atoms with Gasteiger partial charge in [-0.2, -0.15) is 0 Å². The maximum Gasteiger partial charge on any atom is 0.310 e. The van der Waals surface area contributed by atoms with Gasteiger partial charge in [-0.3, -0.25) is 4.79 Å². The predicted octanol–water partition coefficient (Wildman–Crippen LogP) is 2.23. The number of benzene rings is 1. The number of carboxylic acids is 1. The van der Waals surface area contributed by atoms with Crippen molar-refractivity contribution in [2.45, 2.75) is 51.0 Å².